The smallest absolute Gasteiger partial charge is 0.327 e. The quantitative estimate of drug-likeness (QED) is 0.820. The van der Waals surface area contributed by atoms with Crippen LogP contribution in [0.3, 0.4) is 0 Å². The second kappa shape index (κ2) is 5.54. The van der Waals surface area contributed by atoms with E-state index < -0.39 is 5.69 Å². The van der Waals surface area contributed by atoms with E-state index in [2.05, 4.69) is 25.9 Å². The van der Waals surface area contributed by atoms with Crippen molar-refractivity contribution in [2.75, 3.05) is 18.0 Å². The Morgan fingerprint density at radius 2 is 1.69 bits per heavy atom. The van der Waals surface area contributed by atoms with Crippen molar-refractivity contribution in [2.24, 2.45) is 0 Å². The second-order valence-corrected chi connectivity index (χ2v) is 4.41. The molecule has 0 radical (unpaired) electrons. The number of aromatic amines is 2. The average molecular weight is 311 g/mol. The summed E-state index contributed by atoms with van der Waals surface area (Å²) in [6.07, 6.45) is 3.41. The van der Waals surface area contributed by atoms with Gasteiger partial charge >= 0.3 is 5.69 Å². The summed E-state index contributed by atoms with van der Waals surface area (Å²) >= 11 is 3.19. The number of halogens is 2. The molecule has 1 aromatic rings. The highest BCUT2D eigenvalue weighted by Gasteiger charge is 2.16. The van der Waals surface area contributed by atoms with E-state index in [0.717, 1.165) is 25.9 Å². The van der Waals surface area contributed by atoms with Gasteiger partial charge in [0.1, 0.15) is 10.3 Å². The van der Waals surface area contributed by atoms with Crippen LogP contribution in [0.5, 0.6) is 0 Å². The van der Waals surface area contributed by atoms with Crippen molar-refractivity contribution in [1.29, 1.82) is 0 Å². The molecule has 0 unspecified atom stereocenters. The maximum atomic E-state index is 11.4. The molecule has 16 heavy (non-hydrogen) atoms. The van der Waals surface area contributed by atoms with Gasteiger partial charge in [-0.3, -0.25) is 14.8 Å². The zero-order valence-corrected chi connectivity index (χ0v) is 11.0. The maximum absolute atomic E-state index is 11.4. The molecule has 0 bridgehead atoms. The highest BCUT2D eigenvalue weighted by Crippen LogP contribution is 2.21. The summed E-state index contributed by atoms with van der Waals surface area (Å²) in [4.78, 5) is 29.4. The molecule has 90 valence electrons. The minimum Gasteiger partial charge on any atom is -0.357 e. The average Bonchev–Trinajstić information content (AvgIpc) is 2.24. The van der Waals surface area contributed by atoms with E-state index in [1.165, 1.54) is 6.42 Å². The highest BCUT2D eigenvalue weighted by atomic mass is 79.9. The second-order valence-electron chi connectivity index (χ2n) is 3.62. The van der Waals surface area contributed by atoms with Gasteiger partial charge in [0.25, 0.3) is 5.56 Å². The Hall–Kier alpha value is -0.750. The number of piperidine rings is 1. The lowest BCUT2D eigenvalue weighted by atomic mass is 10.1. The zero-order valence-electron chi connectivity index (χ0n) is 8.59. The molecular formula is C9H13BrClN3O2. The molecule has 2 heterocycles. The summed E-state index contributed by atoms with van der Waals surface area (Å²) < 4.78 is 0.406. The van der Waals surface area contributed by atoms with Crippen LogP contribution in [0.2, 0.25) is 0 Å². The monoisotopic (exact) mass is 309 g/mol. The van der Waals surface area contributed by atoms with E-state index in [-0.39, 0.29) is 18.0 Å². The van der Waals surface area contributed by atoms with Crippen LogP contribution in [0.4, 0.5) is 5.82 Å². The van der Waals surface area contributed by atoms with Gasteiger partial charge in [-0.2, -0.15) is 0 Å². The third kappa shape index (κ3) is 2.68. The Labute approximate surface area is 107 Å². The fourth-order valence-corrected chi connectivity index (χ4v) is 2.24. The van der Waals surface area contributed by atoms with E-state index in [0.29, 0.717) is 10.3 Å². The van der Waals surface area contributed by atoms with Crippen LogP contribution in [-0.4, -0.2) is 23.1 Å². The Morgan fingerprint density at radius 3 is 2.31 bits per heavy atom. The predicted octanol–water partition coefficient (Wildman–Crippen LogP) is 1.24. The van der Waals surface area contributed by atoms with E-state index in [1.54, 1.807) is 0 Å². The molecule has 0 spiro atoms. The predicted molar refractivity (Wildman–Crippen MR) is 68.7 cm³/mol. The Bertz CT molecular complexity index is 465. The van der Waals surface area contributed by atoms with Crippen LogP contribution in [0, 0.1) is 0 Å². The van der Waals surface area contributed by atoms with Gasteiger partial charge in [-0.15, -0.1) is 12.4 Å². The number of nitrogens with zero attached hydrogens (tertiary/aromatic N) is 1. The fourth-order valence-electron chi connectivity index (χ4n) is 1.79. The van der Waals surface area contributed by atoms with E-state index in [4.69, 9.17) is 0 Å². The summed E-state index contributed by atoms with van der Waals surface area (Å²) in [6, 6.07) is 0. The van der Waals surface area contributed by atoms with Gasteiger partial charge in [-0.1, -0.05) is 0 Å². The molecule has 1 saturated heterocycles. The molecule has 0 saturated carbocycles. The van der Waals surface area contributed by atoms with Gasteiger partial charge in [0, 0.05) is 13.1 Å². The number of nitrogens with one attached hydrogen (secondary N) is 2. The molecule has 2 rings (SSSR count). The molecule has 2 N–H and O–H groups in total. The summed E-state index contributed by atoms with van der Waals surface area (Å²) in [6.45, 7) is 1.77. The van der Waals surface area contributed by atoms with Crippen molar-refractivity contribution >= 4 is 34.2 Å². The first-order chi connectivity index (χ1) is 7.18. The zero-order chi connectivity index (χ0) is 10.8. The molecule has 0 aromatic carbocycles. The summed E-state index contributed by atoms with van der Waals surface area (Å²) in [7, 11) is 0. The van der Waals surface area contributed by atoms with Gasteiger partial charge in [-0.05, 0) is 35.2 Å². The number of H-pyrrole nitrogens is 2. The van der Waals surface area contributed by atoms with Crippen molar-refractivity contribution in [3.05, 3.63) is 25.3 Å². The molecule has 1 fully saturated rings. The fraction of sp³-hybridized carbons (Fsp3) is 0.556. The number of hydrogen-bond acceptors (Lipinski definition) is 3. The topological polar surface area (TPSA) is 69.0 Å². The van der Waals surface area contributed by atoms with Gasteiger partial charge in [0.15, 0.2) is 0 Å². The Kier molecular flexibility index (Phi) is 4.61. The number of aromatic nitrogens is 2. The van der Waals surface area contributed by atoms with Crippen molar-refractivity contribution < 1.29 is 0 Å². The lowest BCUT2D eigenvalue weighted by Gasteiger charge is -2.28. The van der Waals surface area contributed by atoms with Crippen LogP contribution in [0.15, 0.2) is 14.1 Å². The third-order valence-corrected chi connectivity index (χ3v) is 3.27. The van der Waals surface area contributed by atoms with E-state index in [1.807, 2.05) is 4.90 Å². The van der Waals surface area contributed by atoms with Gasteiger partial charge in [-0.25, -0.2) is 4.79 Å². The van der Waals surface area contributed by atoms with Crippen LogP contribution in [-0.2, 0) is 0 Å². The van der Waals surface area contributed by atoms with Crippen LogP contribution in [0.1, 0.15) is 19.3 Å². The van der Waals surface area contributed by atoms with Gasteiger partial charge < -0.3 is 4.90 Å². The number of hydrogen-bond donors (Lipinski definition) is 2. The van der Waals surface area contributed by atoms with Crippen LogP contribution in [0.25, 0.3) is 0 Å². The normalized spacial score (nSPS) is 15.7. The first kappa shape index (κ1) is 13.3. The van der Waals surface area contributed by atoms with E-state index >= 15 is 0 Å². The molecule has 1 aliphatic rings. The molecule has 0 aliphatic carbocycles. The van der Waals surface area contributed by atoms with Crippen LogP contribution >= 0.6 is 28.3 Å². The first-order valence-electron chi connectivity index (χ1n) is 4.95. The van der Waals surface area contributed by atoms with Crippen molar-refractivity contribution in [3.63, 3.8) is 0 Å². The summed E-state index contributed by atoms with van der Waals surface area (Å²) in [5.74, 6) is 0.600. The Balaban J connectivity index is 0.00000128. The summed E-state index contributed by atoms with van der Waals surface area (Å²) in [5.41, 5.74) is -0.830. The van der Waals surface area contributed by atoms with E-state index in [9.17, 15) is 9.59 Å². The van der Waals surface area contributed by atoms with Crippen molar-refractivity contribution in [2.45, 2.75) is 19.3 Å². The van der Waals surface area contributed by atoms with Crippen molar-refractivity contribution in [3.8, 4) is 0 Å². The Morgan fingerprint density at radius 1 is 1.06 bits per heavy atom. The lowest BCUT2D eigenvalue weighted by Crippen LogP contribution is -2.35. The minimum atomic E-state index is -0.455. The standard InChI is InChI=1S/C9H12BrN3O2.ClH/c10-6-7(11-9(15)12-8(6)14)13-4-2-1-3-5-13;/h1-5H2,(H2,11,12,14,15);1H. The first-order valence-corrected chi connectivity index (χ1v) is 5.75. The number of anilines is 1. The van der Waals surface area contributed by atoms with Crippen molar-refractivity contribution in [1.82, 2.24) is 9.97 Å². The molecular weight excluding hydrogens is 297 g/mol. The maximum Gasteiger partial charge on any atom is 0.327 e. The third-order valence-electron chi connectivity index (χ3n) is 2.54. The largest absolute Gasteiger partial charge is 0.357 e. The van der Waals surface area contributed by atoms with Gasteiger partial charge in [0.2, 0.25) is 0 Å². The minimum absolute atomic E-state index is 0. The van der Waals surface area contributed by atoms with Gasteiger partial charge in [0.05, 0.1) is 0 Å². The summed E-state index contributed by atoms with van der Waals surface area (Å²) in [5, 5.41) is 0. The molecule has 0 atom stereocenters. The molecule has 0 amide bonds. The molecule has 5 nitrogen and oxygen atoms in total. The molecule has 1 aromatic heterocycles. The number of rotatable bonds is 1. The van der Waals surface area contributed by atoms with Crippen LogP contribution < -0.4 is 16.1 Å². The SMILES string of the molecule is Cl.O=c1[nH]c(N2CCCCC2)c(Br)c(=O)[nH]1. The highest BCUT2D eigenvalue weighted by molar-refractivity contribution is 9.10. The molecule has 7 heteroatoms. The molecule has 1 aliphatic heterocycles. The lowest BCUT2D eigenvalue weighted by molar-refractivity contribution is 0.571.